The smallest absolute Gasteiger partial charge is 0.196 e. The molecular weight excluding hydrogens is 406 g/mol. The highest BCUT2D eigenvalue weighted by atomic mass is 79.9. The molecule has 5 heteroatoms. The van der Waals surface area contributed by atoms with Gasteiger partial charge in [0.2, 0.25) is 0 Å². The molecule has 0 unspecified atom stereocenters. The van der Waals surface area contributed by atoms with E-state index in [0.717, 1.165) is 32.5 Å². The Hall–Kier alpha value is -2.37. The van der Waals surface area contributed by atoms with Gasteiger partial charge in [0.05, 0.1) is 0 Å². The second-order valence-corrected chi connectivity index (χ2v) is 7.62. The van der Waals surface area contributed by atoms with Crippen LogP contribution in [-0.4, -0.2) is 14.8 Å². The number of hydrogen-bond donors (Lipinski definition) is 0. The standard InChI is InChI=1S/C21H16BrN3S/c22-18-13-11-17(12-14-18)20-23-24-21(25(20)19-9-5-2-6-10-19)26-15-16-7-3-1-4-8-16/h1-14H,15H2. The molecule has 1 heterocycles. The van der Waals surface area contributed by atoms with Crippen LogP contribution < -0.4 is 0 Å². The zero-order valence-electron chi connectivity index (χ0n) is 13.9. The number of nitrogens with zero attached hydrogens (tertiary/aromatic N) is 3. The Bertz CT molecular complexity index is 983. The average molecular weight is 422 g/mol. The molecule has 4 aromatic rings. The van der Waals surface area contributed by atoms with Crippen LogP contribution in [0.15, 0.2) is 94.6 Å². The summed E-state index contributed by atoms with van der Waals surface area (Å²) in [6, 6.07) is 28.8. The van der Waals surface area contributed by atoms with Crippen molar-refractivity contribution in [1.29, 1.82) is 0 Å². The van der Waals surface area contributed by atoms with Crippen LogP contribution in [0.5, 0.6) is 0 Å². The van der Waals surface area contributed by atoms with E-state index in [2.05, 4.69) is 79.2 Å². The molecule has 0 saturated heterocycles. The van der Waals surface area contributed by atoms with Crippen molar-refractivity contribution in [3.8, 4) is 17.1 Å². The zero-order valence-corrected chi connectivity index (χ0v) is 16.3. The molecule has 0 aliphatic carbocycles. The Labute approximate surface area is 165 Å². The van der Waals surface area contributed by atoms with Crippen LogP contribution in [0.4, 0.5) is 0 Å². The molecule has 0 fully saturated rings. The molecule has 0 bridgehead atoms. The maximum atomic E-state index is 4.48. The van der Waals surface area contributed by atoms with E-state index in [9.17, 15) is 0 Å². The van der Waals surface area contributed by atoms with E-state index < -0.39 is 0 Å². The summed E-state index contributed by atoms with van der Waals surface area (Å²) in [6.07, 6.45) is 0. The summed E-state index contributed by atoms with van der Waals surface area (Å²) in [5, 5.41) is 9.84. The fraction of sp³-hybridized carbons (Fsp3) is 0.0476. The van der Waals surface area contributed by atoms with Gasteiger partial charge in [-0.3, -0.25) is 4.57 Å². The van der Waals surface area contributed by atoms with E-state index >= 15 is 0 Å². The molecule has 3 nitrogen and oxygen atoms in total. The van der Waals surface area contributed by atoms with Gasteiger partial charge in [-0.15, -0.1) is 10.2 Å². The second-order valence-electron chi connectivity index (χ2n) is 5.76. The van der Waals surface area contributed by atoms with E-state index in [1.807, 2.05) is 36.4 Å². The van der Waals surface area contributed by atoms with Gasteiger partial charge in [-0.05, 0) is 29.8 Å². The number of rotatable bonds is 5. The molecule has 0 spiro atoms. The molecule has 0 aliphatic rings. The second kappa shape index (κ2) is 7.89. The fourth-order valence-electron chi connectivity index (χ4n) is 2.68. The molecule has 0 N–H and O–H groups in total. The normalized spacial score (nSPS) is 10.8. The minimum atomic E-state index is 0.847. The van der Waals surface area contributed by atoms with Crippen LogP contribution in [0.2, 0.25) is 0 Å². The number of thioether (sulfide) groups is 1. The highest BCUT2D eigenvalue weighted by Gasteiger charge is 2.16. The van der Waals surface area contributed by atoms with E-state index in [0.29, 0.717) is 0 Å². The third kappa shape index (κ3) is 3.74. The molecule has 0 radical (unpaired) electrons. The van der Waals surface area contributed by atoms with E-state index in [1.165, 1.54) is 5.56 Å². The topological polar surface area (TPSA) is 30.7 Å². The van der Waals surface area contributed by atoms with Gasteiger partial charge in [-0.1, -0.05) is 88.4 Å². The molecule has 4 rings (SSSR count). The Morgan fingerprint density at radius 3 is 2.12 bits per heavy atom. The van der Waals surface area contributed by atoms with Gasteiger partial charge in [0.1, 0.15) is 0 Å². The van der Waals surface area contributed by atoms with Crippen molar-refractivity contribution in [3.63, 3.8) is 0 Å². The molecule has 3 aromatic carbocycles. The Morgan fingerprint density at radius 1 is 0.769 bits per heavy atom. The van der Waals surface area contributed by atoms with Crippen molar-refractivity contribution < 1.29 is 0 Å². The summed E-state index contributed by atoms with van der Waals surface area (Å²) in [5.74, 6) is 1.70. The highest BCUT2D eigenvalue weighted by molar-refractivity contribution is 9.10. The lowest BCUT2D eigenvalue weighted by molar-refractivity contribution is 0.886. The van der Waals surface area contributed by atoms with Crippen LogP contribution in [0.3, 0.4) is 0 Å². The lowest BCUT2D eigenvalue weighted by atomic mass is 10.2. The molecule has 0 saturated carbocycles. The first-order valence-electron chi connectivity index (χ1n) is 8.25. The molecule has 0 atom stereocenters. The van der Waals surface area contributed by atoms with E-state index in [4.69, 9.17) is 0 Å². The maximum absolute atomic E-state index is 4.48. The fourth-order valence-corrected chi connectivity index (χ4v) is 3.85. The lowest BCUT2D eigenvalue weighted by Crippen LogP contribution is -1.99. The van der Waals surface area contributed by atoms with E-state index in [1.54, 1.807) is 11.8 Å². The summed E-state index contributed by atoms with van der Waals surface area (Å²) >= 11 is 5.18. The molecule has 128 valence electrons. The molecule has 26 heavy (non-hydrogen) atoms. The number of halogens is 1. The molecule has 0 amide bonds. The van der Waals surface area contributed by atoms with Crippen LogP contribution in [0.1, 0.15) is 5.56 Å². The van der Waals surface area contributed by atoms with Crippen LogP contribution in [0, 0.1) is 0 Å². The first-order valence-corrected chi connectivity index (χ1v) is 10.0. The van der Waals surface area contributed by atoms with Crippen molar-refractivity contribution in [2.24, 2.45) is 0 Å². The van der Waals surface area contributed by atoms with Crippen molar-refractivity contribution >= 4 is 27.7 Å². The first kappa shape index (κ1) is 17.1. The van der Waals surface area contributed by atoms with Crippen molar-refractivity contribution in [2.45, 2.75) is 10.9 Å². The van der Waals surface area contributed by atoms with Gasteiger partial charge >= 0.3 is 0 Å². The van der Waals surface area contributed by atoms with Crippen molar-refractivity contribution in [3.05, 3.63) is 95.0 Å². The number of aromatic nitrogens is 3. The van der Waals surface area contributed by atoms with Gasteiger partial charge in [-0.2, -0.15) is 0 Å². The van der Waals surface area contributed by atoms with Gasteiger partial charge in [-0.25, -0.2) is 0 Å². The van der Waals surface area contributed by atoms with Crippen LogP contribution >= 0.6 is 27.7 Å². The number of hydrogen-bond acceptors (Lipinski definition) is 3. The predicted octanol–water partition coefficient (Wildman–Crippen LogP) is 5.99. The van der Waals surface area contributed by atoms with Gasteiger partial charge in [0, 0.05) is 21.5 Å². The SMILES string of the molecule is Brc1ccc(-c2nnc(SCc3ccccc3)n2-c2ccccc2)cc1. The maximum Gasteiger partial charge on any atom is 0.196 e. The lowest BCUT2D eigenvalue weighted by Gasteiger charge is -2.10. The number of para-hydroxylation sites is 1. The summed E-state index contributed by atoms with van der Waals surface area (Å²) < 4.78 is 3.17. The predicted molar refractivity (Wildman–Crippen MR) is 110 cm³/mol. The molecule has 1 aromatic heterocycles. The largest absolute Gasteiger partial charge is 0.270 e. The zero-order chi connectivity index (χ0) is 17.8. The van der Waals surface area contributed by atoms with Gasteiger partial charge < -0.3 is 0 Å². The first-order chi connectivity index (χ1) is 12.8. The van der Waals surface area contributed by atoms with E-state index in [-0.39, 0.29) is 0 Å². The Kier molecular flexibility index (Phi) is 5.18. The summed E-state index contributed by atoms with van der Waals surface area (Å²) in [4.78, 5) is 0. The number of benzene rings is 3. The Morgan fingerprint density at radius 2 is 1.42 bits per heavy atom. The van der Waals surface area contributed by atoms with Crippen LogP contribution in [0.25, 0.3) is 17.1 Å². The third-order valence-corrected chi connectivity index (χ3v) is 5.49. The highest BCUT2D eigenvalue weighted by Crippen LogP contribution is 2.30. The summed E-state index contributed by atoms with van der Waals surface area (Å²) in [7, 11) is 0. The monoisotopic (exact) mass is 421 g/mol. The minimum Gasteiger partial charge on any atom is -0.270 e. The quantitative estimate of drug-likeness (QED) is 0.370. The van der Waals surface area contributed by atoms with Gasteiger partial charge in [0.25, 0.3) is 0 Å². The summed E-state index contributed by atoms with van der Waals surface area (Å²) in [5.41, 5.74) is 3.37. The molecule has 0 aliphatic heterocycles. The minimum absolute atomic E-state index is 0.847. The van der Waals surface area contributed by atoms with Crippen molar-refractivity contribution in [2.75, 3.05) is 0 Å². The third-order valence-electron chi connectivity index (χ3n) is 3.96. The average Bonchev–Trinajstić information content (AvgIpc) is 3.12. The molecular formula is C21H16BrN3S. The van der Waals surface area contributed by atoms with Crippen molar-refractivity contribution in [1.82, 2.24) is 14.8 Å². The van der Waals surface area contributed by atoms with Crippen LogP contribution in [-0.2, 0) is 5.75 Å². The summed E-state index contributed by atoms with van der Waals surface area (Å²) in [6.45, 7) is 0. The Balaban J connectivity index is 1.73. The van der Waals surface area contributed by atoms with Gasteiger partial charge in [0.15, 0.2) is 11.0 Å².